The Bertz CT molecular complexity index is 928. The topological polar surface area (TPSA) is 61.0 Å². The number of benzene rings is 2. The predicted octanol–water partition coefficient (Wildman–Crippen LogP) is 4.02. The standard InChI is InChI=1S/C16H11N3O2S/c1-20-12-5-2-10(3-6-12)15-18-16(21-19-15)11-4-7-13-14(8-11)22-9-17-13/h2-9H,1H3. The molecule has 0 unspecified atom stereocenters. The molecule has 2 aromatic carbocycles. The average Bonchev–Trinajstić information content (AvgIpc) is 3.23. The van der Waals surface area contributed by atoms with E-state index in [2.05, 4.69) is 15.1 Å². The summed E-state index contributed by atoms with van der Waals surface area (Å²) in [5, 5.41) is 4.05. The maximum absolute atomic E-state index is 5.38. The summed E-state index contributed by atoms with van der Waals surface area (Å²) < 4.78 is 11.6. The number of methoxy groups -OCH3 is 1. The number of fused-ring (bicyclic) bond motifs is 1. The number of aromatic nitrogens is 3. The molecule has 0 saturated heterocycles. The van der Waals surface area contributed by atoms with Crippen molar-refractivity contribution in [2.45, 2.75) is 0 Å². The predicted molar refractivity (Wildman–Crippen MR) is 84.9 cm³/mol. The highest BCUT2D eigenvalue weighted by Crippen LogP contribution is 2.27. The molecule has 0 amide bonds. The van der Waals surface area contributed by atoms with E-state index >= 15 is 0 Å². The summed E-state index contributed by atoms with van der Waals surface area (Å²) in [4.78, 5) is 8.73. The number of hydrogen-bond donors (Lipinski definition) is 0. The lowest BCUT2D eigenvalue weighted by Gasteiger charge is -1.99. The zero-order valence-corrected chi connectivity index (χ0v) is 12.5. The van der Waals surface area contributed by atoms with Gasteiger partial charge in [-0.05, 0) is 42.5 Å². The molecule has 0 bridgehead atoms. The molecule has 0 aliphatic rings. The summed E-state index contributed by atoms with van der Waals surface area (Å²) >= 11 is 1.59. The van der Waals surface area contributed by atoms with Crippen molar-refractivity contribution in [1.29, 1.82) is 0 Å². The molecule has 22 heavy (non-hydrogen) atoms. The van der Waals surface area contributed by atoms with E-state index in [1.165, 1.54) is 0 Å². The van der Waals surface area contributed by atoms with Crippen LogP contribution in [0, 0.1) is 0 Å². The molecule has 0 N–H and O–H groups in total. The number of nitrogens with zero attached hydrogens (tertiary/aromatic N) is 3. The monoisotopic (exact) mass is 309 g/mol. The molecule has 0 fully saturated rings. The van der Waals surface area contributed by atoms with Crippen molar-refractivity contribution in [3.63, 3.8) is 0 Å². The maximum atomic E-state index is 5.38. The zero-order valence-electron chi connectivity index (χ0n) is 11.7. The Labute approximate surface area is 130 Å². The SMILES string of the molecule is COc1ccc(-c2noc(-c3ccc4ncsc4c3)n2)cc1. The molecule has 0 spiro atoms. The summed E-state index contributed by atoms with van der Waals surface area (Å²) in [5.74, 6) is 1.85. The van der Waals surface area contributed by atoms with E-state index in [9.17, 15) is 0 Å². The van der Waals surface area contributed by atoms with Crippen molar-refractivity contribution in [2.75, 3.05) is 7.11 Å². The Kier molecular flexibility index (Phi) is 3.08. The van der Waals surface area contributed by atoms with Crippen LogP contribution >= 0.6 is 11.3 Å². The van der Waals surface area contributed by atoms with Crippen LogP contribution in [0.4, 0.5) is 0 Å². The lowest BCUT2D eigenvalue weighted by atomic mass is 10.2. The van der Waals surface area contributed by atoms with E-state index in [4.69, 9.17) is 9.26 Å². The molecular formula is C16H11N3O2S. The highest BCUT2D eigenvalue weighted by Gasteiger charge is 2.11. The molecule has 0 radical (unpaired) electrons. The normalized spacial score (nSPS) is 11.0. The van der Waals surface area contributed by atoms with Gasteiger partial charge in [-0.3, -0.25) is 0 Å². The quantitative estimate of drug-likeness (QED) is 0.572. The number of thiazole rings is 1. The van der Waals surface area contributed by atoms with Crippen LogP contribution in [0.2, 0.25) is 0 Å². The van der Waals surface area contributed by atoms with Crippen LogP contribution in [0.5, 0.6) is 5.75 Å². The van der Waals surface area contributed by atoms with E-state index < -0.39 is 0 Å². The van der Waals surface area contributed by atoms with Crippen molar-refractivity contribution in [3.8, 4) is 28.6 Å². The first-order valence-corrected chi connectivity index (χ1v) is 7.53. The zero-order chi connectivity index (χ0) is 14.9. The van der Waals surface area contributed by atoms with Crippen molar-refractivity contribution in [1.82, 2.24) is 15.1 Å². The van der Waals surface area contributed by atoms with Crippen LogP contribution in [0.3, 0.4) is 0 Å². The molecule has 2 aromatic heterocycles. The van der Waals surface area contributed by atoms with Gasteiger partial charge in [-0.2, -0.15) is 4.98 Å². The van der Waals surface area contributed by atoms with E-state index in [0.29, 0.717) is 11.7 Å². The second-order valence-electron chi connectivity index (χ2n) is 4.69. The Morgan fingerprint density at radius 3 is 2.68 bits per heavy atom. The van der Waals surface area contributed by atoms with Crippen LogP contribution in [-0.2, 0) is 0 Å². The number of hydrogen-bond acceptors (Lipinski definition) is 6. The fraction of sp³-hybridized carbons (Fsp3) is 0.0625. The van der Waals surface area contributed by atoms with Gasteiger partial charge in [-0.15, -0.1) is 11.3 Å². The third-order valence-electron chi connectivity index (χ3n) is 3.35. The van der Waals surface area contributed by atoms with Crippen molar-refractivity contribution < 1.29 is 9.26 Å². The molecule has 2 heterocycles. The Morgan fingerprint density at radius 1 is 1.05 bits per heavy atom. The smallest absolute Gasteiger partial charge is 0.258 e. The molecule has 108 valence electrons. The molecule has 0 atom stereocenters. The van der Waals surface area contributed by atoms with Gasteiger partial charge in [0.15, 0.2) is 0 Å². The lowest BCUT2D eigenvalue weighted by molar-refractivity contribution is 0.415. The fourth-order valence-corrected chi connectivity index (χ4v) is 2.90. The van der Waals surface area contributed by atoms with Gasteiger partial charge in [0.05, 0.1) is 22.8 Å². The third-order valence-corrected chi connectivity index (χ3v) is 4.14. The van der Waals surface area contributed by atoms with Crippen LogP contribution in [0.25, 0.3) is 33.1 Å². The largest absolute Gasteiger partial charge is 0.497 e. The second-order valence-corrected chi connectivity index (χ2v) is 5.57. The minimum atomic E-state index is 0.501. The van der Waals surface area contributed by atoms with Gasteiger partial charge < -0.3 is 9.26 Å². The molecular weight excluding hydrogens is 298 g/mol. The van der Waals surface area contributed by atoms with Crippen molar-refractivity contribution in [2.24, 2.45) is 0 Å². The van der Waals surface area contributed by atoms with E-state index in [0.717, 1.165) is 27.1 Å². The van der Waals surface area contributed by atoms with Crippen molar-refractivity contribution in [3.05, 3.63) is 48.0 Å². The molecule has 4 aromatic rings. The van der Waals surface area contributed by atoms with E-state index in [-0.39, 0.29) is 0 Å². The number of rotatable bonds is 3. The first-order valence-electron chi connectivity index (χ1n) is 6.65. The first-order chi connectivity index (χ1) is 10.8. The van der Waals surface area contributed by atoms with Crippen LogP contribution in [0.1, 0.15) is 0 Å². The average molecular weight is 309 g/mol. The Morgan fingerprint density at radius 2 is 1.86 bits per heavy atom. The highest BCUT2D eigenvalue weighted by molar-refractivity contribution is 7.16. The van der Waals surface area contributed by atoms with E-state index in [1.54, 1.807) is 18.4 Å². The molecule has 5 nitrogen and oxygen atoms in total. The second kappa shape index (κ2) is 5.23. The summed E-state index contributed by atoms with van der Waals surface area (Å²) in [7, 11) is 1.64. The van der Waals surface area contributed by atoms with Gasteiger partial charge in [-0.1, -0.05) is 5.16 Å². The minimum absolute atomic E-state index is 0.501. The number of ether oxygens (including phenoxy) is 1. The van der Waals surface area contributed by atoms with Gasteiger partial charge in [0.2, 0.25) is 5.82 Å². The van der Waals surface area contributed by atoms with Gasteiger partial charge in [0.1, 0.15) is 5.75 Å². The summed E-state index contributed by atoms with van der Waals surface area (Å²) in [5.41, 5.74) is 4.58. The summed E-state index contributed by atoms with van der Waals surface area (Å²) in [6, 6.07) is 13.5. The van der Waals surface area contributed by atoms with Crippen LogP contribution in [-0.4, -0.2) is 22.2 Å². The van der Waals surface area contributed by atoms with Crippen molar-refractivity contribution >= 4 is 21.6 Å². The van der Waals surface area contributed by atoms with Gasteiger partial charge in [-0.25, -0.2) is 4.98 Å². The lowest BCUT2D eigenvalue weighted by Crippen LogP contribution is -1.84. The molecule has 0 aliphatic heterocycles. The van der Waals surface area contributed by atoms with E-state index in [1.807, 2.05) is 48.0 Å². The first kappa shape index (κ1) is 13.0. The highest BCUT2D eigenvalue weighted by atomic mass is 32.1. The van der Waals surface area contributed by atoms with Gasteiger partial charge in [0, 0.05) is 11.1 Å². The van der Waals surface area contributed by atoms with Crippen LogP contribution in [0.15, 0.2) is 52.5 Å². The van der Waals surface area contributed by atoms with Crippen LogP contribution < -0.4 is 4.74 Å². The minimum Gasteiger partial charge on any atom is -0.497 e. The Balaban J connectivity index is 1.70. The molecule has 4 rings (SSSR count). The summed E-state index contributed by atoms with van der Waals surface area (Å²) in [6.45, 7) is 0. The molecule has 0 saturated carbocycles. The summed E-state index contributed by atoms with van der Waals surface area (Å²) in [6.07, 6.45) is 0. The van der Waals surface area contributed by atoms with Gasteiger partial charge in [0.25, 0.3) is 5.89 Å². The Hall–Kier alpha value is -2.73. The molecule has 6 heteroatoms. The maximum Gasteiger partial charge on any atom is 0.258 e. The fourth-order valence-electron chi connectivity index (χ4n) is 2.19. The molecule has 0 aliphatic carbocycles. The van der Waals surface area contributed by atoms with Gasteiger partial charge >= 0.3 is 0 Å². The third kappa shape index (κ3) is 2.23.